The maximum Gasteiger partial charge on any atom is 0.203 e. The third-order valence-corrected chi connectivity index (χ3v) is 4.57. The molecule has 0 saturated carbocycles. The summed E-state index contributed by atoms with van der Waals surface area (Å²) in [6.07, 6.45) is 1.68. The van der Waals surface area contributed by atoms with Crippen LogP contribution in [0.5, 0.6) is 17.2 Å². The lowest BCUT2D eigenvalue weighted by Gasteiger charge is -2.13. The van der Waals surface area contributed by atoms with E-state index >= 15 is 0 Å². The highest BCUT2D eigenvalue weighted by atomic mass is 16.5. The molecule has 0 aliphatic heterocycles. The normalized spacial score (nSPS) is 10.8. The first kappa shape index (κ1) is 18.5. The molecule has 0 saturated heterocycles. The Labute approximate surface area is 166 Å². The molecule has 0 amide bonds. The highest BCUT2D eigenvalue weighted by Crippen LogP contribution is 2.43. The minimum absolute atomic E-state index is 0.515. The third-order valence-electron chi connectivity index (χ3n) is 4.57. The number of hydrogen-bond donors (Lipinski definition) is 0. The van der Waals surface area contributed by atoms with E-state index in [9.17, 15) is 0 Å². The molecular weight excluding hydrogens is 374 g/mol. The summed E-state index contributed by atoms with van der Waals surface area (Å²) in [7, 11) is 6.50. The van der Waals surface area contributed by atoms with E-state index in [0.29, 0.717) is 28.8 Å². The Morgan fingerprint density at radius 2 is 1.52 bits per heavy atom. The average molecular weight is 393 g/mol. The van der Waals surface area contributed by atoms with Gasteiger partial charge in [-0.3, -0.25) is 0 Å². The molecule has 9 heteroatoms. The molecule has 4 rings (SSSR count). The van der Waals surface area contributed by atoms with E-state index < -0.39 is 0 Å². The molecule has 0 spiro atoms. The molecule has 148 valence electrons. The van der Waals surface area contributed by atoms with Crippen molar-refractivity contribution >= 4 is 0 Å². The van der Waals surface area contributed by atoms with Crippen LogP contribution in [0.25, 0.3) is 33.8 Å². The maximum atomic E-state index is 5.56. The van der Waals surface area contributed by atoms with E-state index in [0.717, 1.165) is 22.3 Å². The predicted molar refractivity (Wildman–Crippen MR) is 105 cm³/mol. The zero-order valence-electron chi connectivity index (χ0n) is 16.4. The van der Waals surface area contributed by atoms with Gasteiger partial charge in [-0.05, 0) is 28.1 Å². The minimum atomic E-state index is 0.515. The lowest BCUT2D eigenvalue weighted by molar-refractivity contribution is 0.324. The van der Waals surface area contributed by atoms with E-state index in [1.165, 1.54) is 0 Å². The van der Waals surface area contributed by atoms with Crippen molar-refractivity contribution in [2.75, 3.05) is 21.3 Å². The van der Waals surface area contributed by atoms with Crippen LogP contribution in [0, 0.1) is 0 Å². The highest BCUT2D eigenvalue weighted by molar-refractivity contribution is 5.82. The fourth-order valence-corrected chi connectivity index (χ4v) is 3.14. The summed E-state index contributed by atoms with van der Waals surface area (Å²) in [5.74, 6) is 2.87. The summed E-state index contributed by atoms with van der Waals surface area (Å²) in [4.78, 5) is 0. The van der Waals surface area contributed by atoms with Crippen LogP contribution in [0.4, 0.5) is 0 Å². The Bertz CT molecular complexity index is 1110. The summed E-state index contributed by atoms with van der Waals surface area (Å²) in [5, 5.41) is 15.6. The van der Waals surface area contributed by atoms with E-state index in [1.807, 2.05) is 36.4 Å². The van der Waals surface area contributed by atoms with E-state index in [2.05, 4.69) is 20.7 Å². The molecule has 29 heavy (non-hydrogen) atoms. The smallest absolute Gasteiger partial charge is 0.203 e. The molecule has 2 aromatic heterocycles. The first-order chi connectivity index (χ1) is 14.2. The van der Waals surface area contributed by atoms with Gasteiger partial charge >= 0.3 is 0 Å². The summed E-state index contributed by atoms with van der Waals surface area (Å²) in [5.41, 5.74) is 3.44. The standard InChI is InChI=1S/C20H19N5O4/c1-25-20(22-23-24-25)13-7-5-12(6-8-13)15-11-21-29-18(15)14-9-16(26-2)19(28-4)17(10-14)27-3/h5-11H,1-4H3. The lowest BCUT2D eigenvalue weighted by atomic mass is 10.0. The number of tetrazole rings is 1. The Hall–Kier alpha value is -3.88. The monoisotopic (exact) mass is 393 g/mol. The highest BCUT2D eigenvalue weighted by Gasteiger charge is 2.19. The largest absolute Gasteiger partial charge is 0.493 e. The molecule has 0 atom stereocenters. The summed E-state index contributed by atoms with van der Waals surface area (Å²) < 4.78 is 23.5. The van der Waals surface area contributed by atoms with Crippen LogP contribution >= 0.6 is 0 Å². The van der Waals surface area contributed by atoms with Gasteiger partial charge in [-0.15, -0.1) is 5.10 Å². The topological polar surface area (TPSA) is 97.3 Å². The summed E-state index contributed by atoms with van der Waals surface area (Å²) >= 11 is 0. The van der Waals surface area contributed by atoms with Crippen molar-refractivity contribution in [3.05, 3.63) is 42.6 Å². The second-order valence-corrected chi connectivity index (χ2v) is 6.19. The number of methoxy groups -OCH3 is 3. The molecule has 0 N–H and O–H groups in total. The first-order valence-corrected chi connectivity index (χ1v) is 8.74. The van der Waals surface area contributed by atoms with Crippen molar-refractivity contribution in [1.82, 2.24) is 25.4 Å². The van der Waals surface area contributed by atoms with Crippen LogP contribution in [0.1, 0.15) is 0 Å². The fraction of sp³-hybridized carbons (Fsp3) is 0.200. The fourth-order valence-electron chi connectivity index (χ4n) is 3.14. The number of nitrogens with zero attached hydrogens (tertiary/aromatic N) is 5. The number of benzene rings is 2. The van der Waals surface area contributed by atoms with Crippen molar-refractivity contribution in [3.63, 3.8) is 0 Å². The summed E-state index contributed by atoms with van der Waals surface area (Å²) in [6, 6.07) is 11.5. The SMILES string of the molecule is COc1cc(-c2oncc2-c2ccc(-c3nnnn3C)cc2)cc(OC)c1OC. The van der Waals surface area contributed by atoms with Crippen molar-refractivity contribution < 1.29 is 18.7 Å². The minimum Gasteiger partial charge on any atom is -0.493 e. The van der Waals surface area contributed by atoms with Crippen LogP contribution in [-0.2, 0) is 7.05 Å². The third kappa shape index (κ3) is 3.27. The van der Waals surface area contributed by atoms with Gasteiger partial charge in [0.2, 0.25) is 5.75 Å². The van der Waals surface area contributed by atoms with Gasteiger partial charge in [-0.2, -0.15) is 0 Å². The molecule has 0 aliphatic rings. The molecule has 4 aromatic rings. The van der Waals surface area contributed by atoms with Crippen LogP contribution in [0.3, 0.4) is 0 Å². The van der Waals surface area contributed by atoms with Gasteiger partial charge in [-0.25, -0.2) is 4.68 Å². The van der Waals surface area contributed by atoms with Crippen molar-refractivity contribution in [2.24, 2.45) is 7.05 Å². The van der Waals surface area contributed by atoms with Gasteiger partial charge in [0, 0.05) is 23.7 Å². The molecular formula is C20H19N5O4. The molecule has 0 unspecified atom stereocenters. The van der Waals surface area contributed by atoms with Crippen LogP contribution in [-0.4, -0.2) is 46.7 Å². The lowest BCUT2D eigenvalue weighted by Crippen LogP contribution is -1.96. The number of aryl methyl sites for hydroxylation is 1. The molecule has 2 aromatic carbocycles. The van der Waals surface area contributed by atoms with Gasteiger partial charge in [0.1, 0.15) is 0 Å². The van der Waals surface area contributed by atoms with Gasteiger partial charge in [0.15, 0.2) is 23.1 Å². The Balaban J connectivity index is 1.75. The molecule has 0 radical (unpaired) electrons. The second kappa shape index (κ2) is 7.63. The van der Waals surface area contributed by atoms with Gasteiger partial charge in [0.25, 0.3) is 0 Å². The maximum absolute atomic E-state index is 5.56. The molecule has 0 fully saturated rings. The van der Waals surface area contributed by atoms with Crippen LogP contribution < -0.4 is 14.2 Å². The Morgan fingerprint density at radius 3 is 2.07 bits per heavy atom. The number of rotatable bonds is 6. The molecule has 9 nitrogen and oxygen atoms in total. The number of hydrogen-bond acceptors (Lipinski definition) is 8. The van der Waals surface area contributed by atoms with E-state index in [4.69, 9.17) is 18.7 Å². The summed E-state index contributed by atoms with van der Waals surface area (Å²) in [6.45, 7) is 0. The number of aromatic nitrogens is 5. The average Bonchev–Trinajstić information content (AvgIpc) is 3.42. The van der Waals surface area contributed by atoms with E-state index in [-0.39, 0.29) is 0 Å². The molecule has 0 bridgehead atoms. The van der Waals surface area contributed by atoms with Crippen molar-refractivity contribution in [1.29, 1.82) is 0 Å². The van der Waals surface area contributed by atoms with Crippen molar-refractivity contribution in [2.45, 2.75) is 0 Å². The predicted octanol–water partition coefficient (Wildman–Crippen LogP) is 3.22. The van der Waals surface area contributed by atoms with Crippen molar-refractivity contribution in [3.8, 4) is 51.1 Å². The quantitative estimate of drug-likeness (QED) is 0.492. The van der Waals surface area contributed by atoms with Crippen LogP contribution in [0.2, 0.25) is 0 Å². The molecule has 2 heterocycles. The second-order valence-electron chi connectivity index (χ2n) is 6.19. The molecule has 0 aliphatic carbocycles. The number of ether oxygens (including phenoxy) is 3. The van der Waals surface area contributed by atoms with Crippen LogP contribution in [0.15, 0.2) is 47.1 Å². The first-order valence-electron chi connectivity index (χ1n) is 8.74. The van der Waals surface area contributed by atoms with Gasteiger partial charge in [-0.1, -0.05) is 29.4 Å². The Morgan fingerprint density at radius 1 is 0.862 bits per heavy atom. The zero-order chi connectivity index (χ0) is 20.4. The zero-order valence-corrected chi connectivity index (χ0v) is 16.4. The van der Waals surface area contributed by atoms with Gasteiger partial charge < -0.3 is 18.7 Å². The van der Waals surface area contributed by atoms with Gasteiger partial charge in [0.05, 0.1) is 27.5 Å². The Kier molecular flexibility index (Phi) is 4.86. The van der Waals surface area contributed by atoms with E-state index in [1.54, 1.807) is 39.3 Å².